The van der Waals surface area contributed by atoms with Crippen molar-refractivity contribution in [3.63, 3.8) is 0 Å². The van der Waals surface area contributed by atoms with E-state index in [0.717, 1.165) is 17.0 Å². The van der Waals surface area contributed by atoms with Gasteiger partial charge in [0.15, 0.2) is 5.78 Å². The number of benzene rings is 4. The summed E-state index contributed by atoms with van der Waals surface area (Å²) >= 11 is 0. The van der Waals surface area contributed by atoms with Gasteiger partial charge in [-0.25, -0.2) is 4.57 Å². The molecule has 0 saturated heterocycles. The van der Waals surface area contributed by atoms with Crippen LogP contribution in [0.2, 0.25) is 0 Å². The Balaban J connectivity index is 1.76. The zero-order chi connectivity index (χ0) is 22.2. The Bertz CT molecular complexity index is 1110. The number of nitrogens with one attached hydrogen (secondary N) is 1. The molecule has 1 N–H and O–H groups in total. The third kappa shape index (κ3) is 5.32. The minimum atomic E-state index is -3.82. The fourth-order valence-electron chi connectivity index (χ4n) is 3.21. The van der Waals surface area contributed by atoms with E-state index >= 15 is 0 Å². The van der Waals surface area contributed by atoms with Crippen molar-refractivity contribution in [2.24, 2.45) is 0 Å². The summed E-state index contributed by atoms with van der Waals surface area (Å²) < 4.78 is 31.9. The number of hydrogen-bond acceptors (Lipinski definition) is 5. The van der Waals surface area contributed by atoms with Crippen LogP contribution in [-0.4, -0.2) is 7.11 Å². The second kappa shape index (κ2) is 10.1. The Labute approximate surface area is 188 Å². The van der Waals surface area contributed by atoms with Crippen LogP contribution in [0.5, 0.6) is 17.2 Å². The van der Waals surface area contributed by atoms with E-state index in [0.29, 0.717) is 11.5 Å². The molecule has 0 aliphatic heterocycles. The van der Waals surface area contributed by atoms with Gasteiger partial charge < -0.3 is 19.1 Å². The first-order valence-electron chi connectivity index (χ1n) is 10.2. The van der Waals surface area contributed by atoms with Gasteiger partial charge in [-0.05, 0) is 54.1 Å². The highest BCUT2D eigenvalue weighted by Crippen LogP contribution is 2.60. The van der Waals surface area contributed by atoms with Crippen LogP contribution < -0.4 is 19.1 Å². The topological polar surface area (TPSA) is 56.8 Å². The van der Waals surface area contributed by atoms with E-state index in [-0.39, 0.29) is 0 Å². The van der Waals surface area contributed by atoms with Gasteiger partial charge in [-0.15, -0.1) is 0 Å². The van der Waals surface area contributed by atoms with E-state index in [4.69, 9.17) is 13.8 Å². The molecule has 0 radical (unpaired) electrons. The van der Waals surface area contributed by atoms with Crippen LogP contribution in [0, 0.1) is 0 Å². The Morgan fingerprint density at radius 3 is 1.56 bits per heavy atom. The van der Waals surface area contributed by atoms with Gasteiger partial charge in [0.05, 0.1) is 7.11 Å². The predicted octanol–water partition coefficient (Wildman–Crippen LogP) is 7.16. The van der Waals surface area contributed by atoms with E-state index < -0.39 is 13.4 Å². The van der Waals surface area contributed by atoms with Crippen LogP contribution in [0.1, 0.15) is 11.3 Å². The molecule has 162 valence electrons. The zero-order valence-electron chi connectivity index (χ0n) is 17.6. The van der Waals surface area contributed by atoms with Gasteiger partial charge in [-0.2, -0.15) is 0 Å². The third-order valence-corrected chi connectivity index (χ3v) is 6.77. The molecule has 1 atom stereocenters. The molecule has 0 spiro atoms. The van der Waals surface area contributed by atoms with E-state index in [1.54, 1.807) is 31.4 Å². The first-order chi connectivity index (χ1) is 15.7. The average molecular weight is 445 g/mol. The summed E-state index contributed by atoms with van der Waals surface area (Å²) in [7, 11) is -2.21. The van der Waals surface area contributed by atoms with Crippen LogP contribution >= 0.6 is 7.60 Å². The first kappa shape index (κ1) is 21.5. The van der Waals surface area contributed by atoms with E-state index in [9.17, 15) is 4.57 Å². The predicted molar refractivity (Wildman–Crippen MR) is 128 cm³/mol. The number of methoxy groups -OCH3 is 1. The highest BCUT2D eigenvalue weighted by atomic mass is 31.2. The van der Waals surface area contributed by atoms with Crippen molar-refractivity contribution >= 4 is 13.3 Å². The van der Waals surface area contributed by atoms with Gasteiger partial charge >= 0.3 is 7.60 Å². The maximum absolute atomic E-state index is 14.4. The molecule has 0 amide bonds. The Hall–Kier alpha value is -3.69. The molecule has 6 heteroatoms. The first-order valence-corrected chi connectivity index (χ1v) is 11.8. The average Bonchev–Trinajstić information content (AvgIpc) is 2.84. The summed E-state index contributed by atoms with van der Waals surface area (Å²) in [6.45, 7) is 0. The number of ether oxygens (including phenoxy) is 1. The molecule has 5 nitrogen and oxygen atoms in total. The van der Waals surface area contributed by atoms with Gasteiger partial charge in [0.1, 0.15) is 17.2 Å². The summed E-state index contributed by atoms with van der Waals surface area (Å²) in [5, 5.41) is 3.36. The molecule has 0 unspecified atom stereocenters. The van der Waals surface area contributed by atoms with E-state index in [1.165, 1.54) is 0 Å². The molecule has 0 bridgehead atoms. The zero-order valence-corrected chi connectivity index (χ0v) is 18.5. The molecule has 0 aromatic heterocycles. The fraction of sp³-hybridized carbons (Fsp3) is 0.0769. The molecule has 4 aromatic carbocycles. The number of para-hydroxylation sites is 2. The molecule has 4 aromatic rings. The molecular weight excluding hydrogens is 421 g/mol. The minimum absolute atomic E-state index is 0.462. The van der Waals surface area contributed by atoms with Crippen LogP contribution in [0.4, 0.5) is 5.69 Å². The van der Waals surface area contributed by atoms with Crippen molar-refractivity contribution in [3.05, 3.63) is 121 Å². The van der Waals surface area contributed by atoms with Crippen LogP contribution in [0.15, 0.2) is 115 Å². The summed E-state index contributed by atoms with van der Waals surface area (Å²) in [6, 6.07) is 35.0. The maximum atomic E-state index is 14.4. The van der Waals surface area contributed by atoms with Crippen LogP contribution in [-0.2, 0) is 4.57 Å². The van der Waals surface area contributed by atoms with Gasteiger partial charge in [0, 0.05) is 5.69 Å². The second-order valence-corrected chi connectivity index (χ2v) is 9.00. The summed E-state index contributed by atoms with van der Waals surface area (Å²) in [5.41, 5.74) is 1.53. The second-order valence-electron chi connectivity index (χ2n) is 7.03. The number of rotatable bonds is 9. The van der Waals surface area contributed by atoms with Crippen molar-refractivity contribution in [2.75, 3.05) is 12.4 Å². The van der Waals surface area contributed by atoms with Crippen LogP contribution in [0.3, 0.4) is 0 Å². The maximum Gasteiger partial charge on any atom is 0.457 e. The van der Waals surface area contributed by atoms with Crippen molar-refractivity contribution in [3.8, 4) is 17.2 Å². The SMILES string of the molecule is COc1ccc(N[C@H](c2ccccc2)P(=O)(Oc2ccccc2)Oc2ccccc2)cc1. The van der Waals surface area contributed by atoms with Crippen molar-refractivity contribution in [1.82, 2.24) is 0 Å². The molecular formula is C26H24NO4P. The van der Waals surface area contributed by atoms with E-state index in [2.05, 4.69) is 5.32 Å². The lowest BCUT2D eigenvalue weighted by atomic mass is 10.2. The highest BCUT2D eigenvalue weighted by molar-refractivity contribution is 7.55. The Morgan fingerprint density at radius 2 is 1.09 bits per heavy atom. The van der Waals surface area contributed by atoms with Gasteiger partial charge in [0.2, 0.25) is 0 Å². The smallest absolute Gasteiger partial charge is 0.457 e. The summed E-state index contributed by atoms with van der Waals surface area (Å²) in [4.78, 5) is 0. The molecule has 4 rings (SSSR count). The molecule has 32 heavy (non-hydrogen) atoms. The van der Waals surface area contributed by atoms with Crippen LogP contribution in [0.25, 0.3) is 0 Å². The molecule has 0 aliphatic rings. The van der Waals surface area contributed by atoms with Crippen molar-refractivity contribution in [2.45, 2.75) is 5.78 Å². The lowest BCUT2D eigenvalue weighted by molar-refractivity contribution is 0.376. The number of anilines is 1. The Kier molecular flexibility index (Phi) is 6.78. The lowest BCUT2D eigenvalue weighted by Crippen LogP contribution is -2.18. The molecule has 0 fully saturated rings. The normalized spacial score (nSPS) is 11.9. The molecule has 0 aliphatic carbocycles. The van der Waals surface area contributed by atoms with Crippen molar-refractivity contribution in [1.29, 1.82) is 0 Å². The third-order valence-electron chi connectivity index (χ3n) is 4.78. The molecule has 0 heterocycles. The largest absolute Gasteiger partial charge is 0.497 e. The molecule has 0 saturated carbocycles. The Morgan fingerprint density at radius 1 is 0.625 bits per heavy atom. The van der Waals surface area contributed by atoms with Gasteiger partial charge in [-0.1, -0.05) is 66.7 Å². The standard InChI is InChI=1S/C26H24NO4P/c1-29-23-19-17-22(18-20-23)27-26(21-11-5-2-6-12-21)32(28,30-24-13-7-3-8-14-24)31-25-15-9-4-10-16-25/h2-20,26-27H,1H3/t26-/m0/s1. The van der Waals surface area contributed by atoms with E-state index in [1.807, 2.05) is 91.0 Å². The summed E-state index contributed by atoms with van der Waals surface area (Å²) in [5.74, 6) is 0.891. The van der Waals surface area contributed by atoms with Gasteiger partial charge in [-0.3, -0.25) is 0 Å². The van der Waals surface area contributed by atoms with Crippen molar-refractivity contribution < 1.29 is 18.3 Å². The quantitative estimate of drug-likeness (QED) is 0.277. The summed E-state index contributed by atoms with van der Waals surface area (Å²) in [6.07, 6.45) is 0. The minimum Gasteiger partial charge on any atom is -0.497 e. The highest BCUT2D eigenvalue weighted by Gasteiger charge is 2.41. The number of hydrogen-bond donors (Lipinski definition) is 1. The van der Waals surface area contributed by atoms with Gasteiger partial charge in [0.25, 0.3) is 0 Å². The lowest BCUT2D eigenvalue weighted by Gasteiger charge is -2.29. The fourth-order valence-corrected chi connectivity index (χ4v) is 5.13. The monoisotopic (exact) mass is 445 g/mol.